The van der Waals surface area contributed by atoms with Crippen LogP contribution in [0.1, 0.15) is 51.9 Å². The van der Waals surface area contributed by atoms with Gasteiger partial charge in [-0.1, -0.05) is 22.9 Å². The predicted molar refractivity (Wildman–Crippen MR) is 93.6 cm³/mol. The summed E-state index contributed by atoms with van der Waals surface area (Å²) in [6, 6.07) is 0. The molecule has 0 amide bonds. The predicted octanol–water partition coefficient (Wildman–Crippen LogP) is 2.28. The monoisotopic (exact) mass is 400 g/mol. The molecule has 4 aliphatic carbocycles. The van der Waals surface area contributed by atoms with Gasteiger partial charge in [-0.2, -0.15) is 0 Å². The van der Waals surface area contributed by atoms with Gasteiger partial charge in [-0.3, -0.25) is 4.79 Å². The number of fused-ring (bicyclic) bond motifs is 5. The first-order valence-corrected chi connectivity index (χ1v) is 10.4. The van der Waals surface area contributed by atoms with Crippen LogP contribution in [0.25, 0.3) is 0 Å². The summed E-state index contributed by atoms with van der Waals surface area (Å²) in [6.45, 7) is 2.24. The highest BCUT2D eigenvalue weighted by Gasteiger charge is 2.65. The van der Waals surface area contributed by atoms with Crippen LogP contribution in [0.2, 0.25) is 0 Å². The van der Waals surface area contributed by atoms with Gasteiger partial charge in [-0.25, -0.2) is 0 Å². The lowest BCUT2D eigenvalue weighted by Gasteiger charge is -2.61. The zero-order valence-corrected chi connectivity index (χ0v) is 15.9. The van der Waals surface area contributed by atoms with Crippen molar-refractivity contribution in [3.05, 3.63) is 0 Å². The fourth-order valence-corrected chi connectivity index (χ4v) is 8.00. The largest absolute Gasteiger partial charge is 0.396 e. The molecule has 0 aromatic rings. The highest BCUT2D eigenvalue weighted by Crippen LogP contribution is 2.65. The van der Waals surface area contributed by atoms with Crippen molar-refractivity contribution in [3.63, 3.8) is 0 Å². The molecule has 0 aliphatic heterocycles. The first-order chi connectivity index (χ1) is 11.3. The molecule has 4 nitrogen and oxygen atoms in total. The van der Waals surface area contributed by atoms with Gasteiger partial charge >= 0.3 is 0 Å². The number of aliphatic hydroxyl groups excluding tert-OH is 3. The number of aliphatic hydroxyl groups is 3. The van der Waals surface area contributed by atoms with E-state index in [0.29, 0.717) is 18.6 Å². The van der Waals surface area contributed by atoms with Gasteiger partial charge in [0, 0.05) is 12.0 Å². The molecule has 136 valence electrons. The van der Waals surface area contributed by atoms with Gasteiger partial charge in [-0.05, 0) is 74.0 Å². The zero-order valence-electron chi connectivity index (χ0n) is 14.3. The number of rotatable bonds is 1. The molecule has 0 aromatic heterocycles. The number of ketones is 1. The summed E-state index contributed by atoms with van der Waals surface area (Å²) in [7, 11) is 0. The molecule has 4 aliphatic rings. The quantitative estimate of drug-likeness (QED) is 0.590. The standard InChI is InChI=1S/C19H29BrO4/c1-18-4-3-12-16(13(18)8-14(20)17(18)24)15(23)7-10-6-11(22)2-5-19(10,12)9-21/h10-16,21-23H,2-9H2,1H3/t10?,11-,12?,13?,14+,15-,16?,18-,19+/m0/s1. The molecule has 0 radical (unpaired) electrons. The van der Waals surface area contributed by atoms with E-state index in [1.807, 2.05) is 0 Å². The summed E-state index contributed by atoms with van der Waals surface area (Å²) in [5.41, 5.74) is -0.494. The Morgan fingerprint density at radius 2 is 1.88 bits per heavy atom. The number of carbonyl (C=O) groups excluding carboxylic acids is 1. The van der Waals surface area contributed by atoms with Crippen LogP contribution < -0.4 is 0 Å². The maximum atomic E-state index is 12.7. The van der Waals surface area contributed by atoms with E-state index in [1.54, 1.807) is 0 Å². The van der Waals surface area contributed by atoms with Gasteiger partial charge in [0.2, 0.25) is 0 Å². The molecule has 4 rings (SSSR count). The zero-order chi connectivity index (χ0) is 17.3. The number of hydrogen-bond donors (Lipinski definition) is 3. The molecule has 24 heavy (non-hydrogen) atoms. The fraction of sp³-hybridized carbons (Fsp3) is 0.947. The Morgan fingerprint density at radius 3 is 2.58 bits per heavy atom. The second kappa shape index (κ2) is 5.77. The summed E-state index contributed by atoms with van der Waals surface area (Å²) in [6.07, 6.45) is 4.82. The van der Waals surface area contributed by atoms with Crippen molar-refractivity contribution in [2.24, 2.45) is 34.5 Å². The summed E-state index contributed by atoms with van der Waals surface area (Å²) in [5, 5.41) is 31.4. The third-order valence-electron chi connectivity index (χ3n) is 8.35. The van der Waals surface area contributed by atoms with Gasteiger partial charge in [0.1, 0.15) is 0 Å². The Kier molecular flexibility index (Phi) is 4.19. The second-order valence-electron chi connectivity index (χ2n) is 9.13. The van der Waals surface area contributed by atoms with Crippen LogP contribution in [0.5, 0.6) is 0 Å². The number of alkyl halides is 1. The molecule has 5 heteroatoms. The third kappa shape index (κ3) is 2.17. The lowest BCUT2D eigenvalue weighted by Crippen LogP contribution is -2.60. The Labute approximate surface area is 152 Å². The Bertz CT molecular complexity index is 539. The molecule has 0 spiro atoms. The van der Waals surface area contributed by atoms with E-state index in [-0.39, 0.29) is 52.0 Å². The van der Waals surface area contributed by atoms with Crippen molar-refractivity contribution >= 4 is 21.7 Å². The highest BCUT2D eigenvalue weighted by molar-refractivity contribution is 9.10. The molecule has 4 unspecified atom stereocenters. The van der Waals surface area contributed by atoms with Crippen molar-refractivity contribution in [1.82, 2.24) is 0 Å². The van der Waals surface area contributed by atoms with Gasteiger partial charge in [0.05, 0.1) is 17.0 Å². The van der Waals surface area contributed by atoms with Crippen molar-refractivity contribution < 1.29 is 20.1 Å². The van der Waals surface area contributed by atoms with Crippen molar-refractivity contribution in [2.45, 2.75) is 68.9 Å². The molecule has 4 saturated carbocycles. The van der Waals surface area contributed by atoms with E-state index in [2.05, 4.69) is 22.9 Å². The molecule has 3 N–H and O–H groups in total. The van der Waals surface area contributed by atoms with Crippen LogP contribution in [-0.2, 0) is 4.79 Å². The van der Waals surface area contributed by atoms with Gasteiger partial charge in [-0.15, -0.1) is 0 Å². The lowest BCUT2D eigenvalue weighted by molar-refractivity contribution is -0.189. The van der Waals surface area contributed by atoms with Crippen LogP contribution in [0, 0.1) is 34.5 Å². The summed E-state index contributed by atoms with van der Waals surface area (Å²) >= 11 is 3.56. The first-order valence-electron chi connectivity index (χ1n) is 9.49. The van der Waals surface area contributed by atoms with Crippen molar-refractivity contribution in [2.75, 3.05) is 6.61 Å². The topological polar surface area (TPSA) is 77.8 Å². The van der Waals surface area contributed by atoms with Crippen LogP contribution >= 0.6 is 15.9 Å². The normalized spacial score (nSPS) is 57.2. The Hall–Kier alpha value is 0.0300. The van der Waals surface area contributed by atoms with E-state index in [0.717, 1.165) is 32.1 Å². The number of carbonyl (C=O) groups is 1. The van der Waals surface area contributed by atoms with Gasteiger partial charge < -0.3 is 15.3 Å². The molecular formula is C19H29BrO4. The van der Waals surface area contributed by atoms with Crippen molar-refractivity contribution in [1.29, 1.82) is 0 Å². The minimum Gasteiger partial charge on any atom is -0.396 e. The second-order valence-corrected chi connectivity index (χ2v) is 10.2. The molecule has 4 fully saturated rings. The fourth-order valence-electron chi connectivity index (χ4n) is 7.07. The third-order valence-corrected chi connectivity index (χ3v) is 9.14. The molecular weight excluding hydrogens is 372 g/mol. The van der Waals surface area contributed by atoms with E-state index >= 15 is 0 Å². The average Bonchev–Trinajstić information content (AvgIpc) is 2.78. The SMILES string of the molecule is C[C@]12CCC3C(C1C[C@@H](Br)C2=O)[C@@H](O)CC1C[C@@H](O)CC[C@@]13CO. The number of halogens is 1. The van der Waals surface area contributed by atoms with Gasteiger partial charge in [0.15, 0.2) is 5.78 Å². The first kappa shape index (κ1) is 17.4. The van der Waals surface area contributed by atoms with Crippen LogP contribution in [0.3, 0.4) is 0 Å². The molecule has 0 bridgehead atoms. The van der Waals surface area contributed by atoms with E-state index in [9.17, 15) is 20.1 Å². The van der Waals surface area contributed by atoms with E-state index in [4.69, 9.17) is 0 Å². The van der Waals surface area contributed by atoms with E-state index in [1.165, 1.54) is 0 Å². The van der Waals surface area contributed by atoms with E-state index < -0.39 is 6.10 Å². The summed E-state index contributed by atoms with van der Waals surface area (Å²) in [4.78, 5) is 12.6. The lowest BCUT2D eigenvalue weighted by atomic mass is 9.44. The van der Waals surface area contributed by atoms with Crippen molar-refractivity contribution in [3.8, 4) is 0 Å². The molecule has 0 heterocycles. The smallest absolute Gasteiger partial charge is 0.152 e. The Morgan fingerprint density at radius 1 is 1.12 bits per heavy atom. The molecule has 0 saturated heterocycles. The van der Waals surface area contributed by atoms with Crippen LogP contribution in [0.4, 0.5) is 0 Å². The maximum Gasteiger partial charge on any atom is 0.152 e. The number of hydrogen-bond acceptors (Lipinski definition) is 4. The molecule has 0 aromatic carbocycles. The summed E-state index contributed by atoms with van der Waals surface area (Å²) < 4.78 is 0. The average molecular weight is 401 g/mol. The minimum absolute atomic E-state index is 0.0885. The maximum absolute atomic E-state index is 12.7. The van der Waals surface area contributed by atoms with Gasteiger partial charge in [0.25, 0.3) is 0 Å². The summed E-state index contributed by atoms with van der Waals surface area (Å²) in [5.74, 6) is 1.08. The number of Topliss-reactive ketones (excluding diaryl/α,β-unsaturated/α-hetero) is 1. The van der Waals surface area contributed by atoms with Crippen LogP contribution in [-0.4, -0.2) is 44.7 Å². The molecule has 9 atom stereocenters. The highest BCUT2D eigenvalue weighted by atomic mass is 79.9. The minimum atomic E-state index is -0.416. The Balaban J connectivity index is 1.72. The van der Waals surface area contributed by atoms with Crippen LogP contribution in [0.15, 0.2) is 0 Å².